The van der Waals surface area contributed by atoms with Crippen LogP contribution >= 0.6 is 0 Å². The van der Waals surface area contributed by atoms with Gasteiger partial charge in [-0.1, -0.05) is 20.3 Å². The lowest BCUT2D eigenvalue weighted by Crippen LogP contribution is -2.19. The van der Waals surface area contributed by atoms with Crippen molar-refractivity contribution in [3.05, 3.63) is 11.8 Å². The molecule has 0 saturated carbocycles. The van der Waals surface area contributed by atoms with Gasteiger partial charge in [0.05, 0.1) is 13.4 Å². The minimum atomic E-state index is -0.516. The predicted octanol–water partition coefficient (Wildman–Crippen LogP) is 3.05. The first-order valence-corrected chi connectivity index (χ1v) is 5.56. The van der Waals surface area contributed by atoms with E-state index < -0.39 is 6.10 Å². The van der Waals surface area contributed by atoms with Crippen molar-refractivity contribution in [3.8, 4) is 0 Å². The van der Waals surface area contributed by atoms with E-state index in [4.69, 9.17) is 4.74 Å². The summed E-state index contributed by atoms with van der Waals surface area (Å²) < 4.78 is 9.87. The molecule has 15 heavy (non-hydrogen) atoms. The van der Waals surface area contributed by atoms with Crippen LogP contribution < -0.4 is 0 Å². The van der Waals surface area contributed by atoms with E-state index in [0.29, 0.717) is 0 Å². The zero-order valence-corrected chi connectivity index (χ0v) is 10.2. The van der Waals surface area contributed by atoms with Gasteiger partial charge in [-0.2, -0.15) is 0 Å². The zero-order chi connectivity index (χ0) is 11.7. The maximum Gasteiger partial charge on any atom is 0.346 e. The van der Waals surface area contributed by atoms with Crippen molar-refractivity contribution in [1.29, 1.82) is 0 Å². The van der Waals surface area contributed by atoms with Crippen molar-refractivity contribution in [2.45, 2.75) is 52.6 Å². The van der Waals surface area contributed by atoms with Crippen LogP contribution in [0.3, 0.4) is 0 Å². The topological polar surface area (TPSA) is 35.5 Å². The van der Waals surface area contributed by atoms with Crippen molar-refractivity contribution in [2.24, 2.45) is 0 Å². The van der Waals surface area contributed by atoms with Crippen molar-refractivity contribution >= 4 is 5.97 Å². The maximum atomic E-state index is 11.1. The molecule has 0 aromatic heterocycles. The fraction of sp³-hybridized carbons (Fsp3) is 0.750. The zero-order valence-electron chi connectivity index (χ0n) is 10.2. The number of rotatable bonds is 7. The van der Waals surface area contributed by atoms with Gasteiger partial charge in [0.15, 0.2) is 6.10 Å². The molecule has 0 aromatic rings. The average molecular weight is 214 g/mol. The van der Waals surface area contributed by atoms with Gasteiger partial charge in [-0.3, -0.25) is 0 Å². The summed E-state index contributed by atoms with van der Waals surface area (Å²) in [7, 11) is 1.36. The highest BCUT2D eigenvalue weighted by Gasteiger charge is 2.12. The smallest absolute Gasteiger partial charge is 0.346 e. The fourth-order valence-electron chi connectivity index (χ4n) is 1.14. The highest BCUT2D eigenvalue weighted by atomic mass is 16.6. The van der Waals surface area contributed by atoms with E-state index in [1.807, 2.05) is 0 Å². The second kappa shape index (κ2) is 8.33. The minimum absolute atomic E-state index is 0.336. The number of carbonyl (C=O) groups excluding carboxylic acids is 1. The molecule has 1 unspecified atom stereocenters. The molecular weight excluding hydrogens is 192 g/mol. The number of hydrogen-bond acceptors (Lipinski definition) is 3. The largest absolute Gasteiger partial charge is 0.487 e. The van der Waals surface area contributed by atoms with Crippen LogP contribution in [0.1, 0.15) is 46.5 Å². The van der Waals surface area contributed by atoms with Gasteiger partial charge in [0, 0.05) is 0 Å². The molecular formula is C12H22O3. The van der Waals surface area contributed by atoms with Gasteiger partial charge in [0.1, 0.15) is 0 Å². The van der Waals surface area contributed by atoms with E-state index >= 15 is 0 Å². The van der Waals surface area contributed by atoms with Crippen molar-refractivity contribution in [1.82, 2.24) is 0 Å². The highest BCUT2D eigenvalue weighted by molar-refractivity contribution is 5.74. The van der Waals surface area contributed by atoms with Crippen LogP contribution in [0.15, 0.2) is 11.8 Å². The van der Waals surface area contributed by atoms with Crippen LogP contribution in [0, 0.1) is 0 Å². The Bertz CT molecular complexity index is 209. The number of hydrogen-bond donors (Lipinski definition) is 0. The number of ether oxygens (including phenoxy) is 2. The molecule has 3 heteroatoms. The summed E-state index contributed by atoms with van der Waals surface area (Å²) in [5, 5.41) is 0. The summed E-state index contributed by atoms with van der Waals surface area (Å²) in [6.45, 7) is 5.94. The summed E-state index contributed by atoms with van der Waals surface area (Å²) in [4.78, 5) is 11.1. The summed E-state index contributed by atoms with van der Waals surface area (Å²) in [6.07, 6.45) is 5.53. The molecule has 0 aromatic carbocycles. The molecule has 0 aliphatic rings. The van der Waals surface area contributed by atoms with Crippen molar-refractivity contribution in [3.63, 3.8) is 0 Å². The Morgan fingerprint density at radius 3 is 2.53 bits per heavy atom. The molecule has 0 radical (unpaired) electrons. The second-order valence-electron chi connectivity index (χ2n) is 3.53. The number of carbonyl (C=O) groups is 1. The Morgan fingerprint density at radius 2 is 2.07 bits per heavy atom. The minimum Gasteiger partial charge on any atom is -0.487 e. The molecule has 0 heterocycles. The SMILES string of the molecule is CCCCC(=COC(C)C(=O)OC)CC. The lowest BCUT2D eigenvalue weighted by Gasteiger charge is -2.10. The first kappa shape index (κ1) is 14.0. The van der Waals surface area contributed by atoms with Crippen molar-refractivity contribution < 1.29 is 14.3 Å². The maximum absolute atomic E-state index is 11.1. The number of unbranched alkanes of at least 4 members (excludes halogenated alkanes) is 1. The molecule has 0 spiro atoms. The molecule has 3 nitrogen and oxygen atoms in total. The molecule has 0 rings (SSSR count). The summed E-state index contributed by atoms with van der Waals surface area (Å²) in [6, 6.07) is 0. The van der Waals surface area contributed by atoms with Gasteiger partial charge >= 0.3 is 5.97 Å². The Kier molecular flexibility index (Phi) is 7.78. The third kappa shape index (κ3) is 6.15. The molecule has 0 bridgehead atoms. The van der Waals surface area contributed by atoms with E-state index in [1.165, 1.54) is 19.1 Å². The lowest BCUT2D eigenvalue weighted by atomic mass is 10.1. The van der Waals surface area contributed by atoms with Gasteiger partial charge in [-0.25, -0.2) is 4.79 Å². The highest BCUT2D eigenvalue weighted by Crippen LogP contribution is 2.12. The Balaban J connectivity index is 4.03. The van der Waals surface area contributed by atoms with E-state index in [2.05, 4.69) is 18.6 Å². The molecule has 88 valence electrons. The lowest BCUT2D eigenvalue weighted by molar-refractivity contribution is -0.149. The second-order valence-corrected chi connectivity index (χ2v) is 3.53. The molecule has 0 aliphatic carbocycles. The van der Waals surface area contributed by atoms with Crippen LogP contribution in [0.5, 0.6) is 0 Å². The van der Waals surface area contributed by atoms with Crippen molar-refractivity contribution in [2.75, 3.05) is 7.11 Å². The van der Waals surface area contributed by atoms with E-state index in [9.17, 15) is 4.79 Å². The number of methoxy groups -OCH3 is 1. The van der Waals surface area contributed by atoms with Crippen LogP contribution in [0.4, 0.5) is 0 Å². The Hall–Kier alpha value is -0.990. The fourth-order valence-corrected chi connectivity index (χ4v) is 1.14. The Labute approximate surface area is 92.5 Å². The molecule has 0 saturated heterocycles. The molecule has 1 atom stereocenters. The average Bonchev–Trinajstić information content (AvgIpc) is 2.27. The van der Waals surface area contributed by atoms with Crippen LogP contribution in [0.2, 0.25) is 0 Å². The number of esters is 1. The summed E-state index contributed by atoms with van der Waals surface area (Å²) >= 11 is 0. The molecule has 0 amide bonds. The van der Waals surface area contributed by atoms with Gasteiger partial charge in [-0.05, 0) is 31.8 Å². The third-order valence-corrected chi connectivity index (χ3v) is 2.28. The molecule has 0 N–H and O–H groups in total. The van der Waals surface area contributed by atoms with Gasteiger partial charge in [0.2, 0.25) is 0 Å². The third-order valence-electron chi connectivity index (χ3n) is 2.28. The quantitative estimate of drug-likeness (QED) is 0.482. The van der Waals surface area contributed by atoms with Gasteiger partial charge in [-0.15, -0.1) is 0 Å². The first-order chi connectivity index (χ1) is 7.15. The standard InChI is InChI=1S/C12H22O3/c1-5-7-8-11(6-2)9-15-10(3)12(13)14-4/h9-10H,5-8H2,1-4H3. The molecule has 0 fully saturated rings. The molecule has 0 aliphatic heterocycles. The van der Waals surface area contributed by atoms with E-state index in [1.54, 1.807) is 13.2 Å². The van der Waals surface area contributed by atoms with E-state index in [-0.39, 0.29) is 5.97 Å². The van der Waals surface area contributed by atoms with Crippen LogP contribution in [0.25, 0.3) is 0 Å². The predicted molar refractivity (Wildman–Crippen MR) is 60.5 cm³/mol. The van der Waals surface area contributed by atoms with E-state index in [0.717, 1.165) is 19.3 Å². The summed E-state index contributed by atoms with van der Waals surface area (Å²) in [5.74, 6) is -0.336. The van der Waals surface area contributed by atoms with Crippen LogP contribution in [-0.2, 0) is 14.3 Å². The Morgan fingerprint density at radius 1 is 1.40 bits per heavy atom. The summed E-state index contributed by atoms with van der Waals surface area (Å²) in [5.41, 5.74) is 1.24. The van der Waals surface area contributed by atoms with Gasteiger partial charge < -0.3 is 9.47 Å². The number of allylic oxidation sites excluding steroid dienone is 1. The van der Waals surface area contributed by atoms with Gasteiger partial charge in [0.25, 0.3) is 0 Å². The first-order valence-electron chi connectivity index (χ1n) is 5.56. The monoisotopic (exact) mass is 214 g/mol. The normalized spacial score (nSPS) is 13.5. The van der Waals surface area contributed by atoms with Crippen LogP contribution in [-0.4, -0.2) is 19.2 Å².